The third-order valence-corrected chi connectivity index (χ3v) is 3.47. The molecule has 0 radical (unpaired) electrons. The van der Waals surface area contributed by atoms with Gasteiger partial charge in [-0.2, -0.15) is 0 Å². The SMILES string of the molecule is CC1CN(C(=O)c2ccc3ccccc3n2)CCN1.Cl.Cl. The Kier molecular flexibility index (Phi) is 6.40. The van der Waals surface area contributed by atoms with Gasteiger partial charge in [-0.05, 0) is 19.1 Å². The third-order valence-electron chi connectivity index (χ3n) is 3.47. The molecule has 6 heteroatoms. The van der Waals surface area contributed by atoms with E-state index in [4.69, 9.17) is 0 Å². The maximum atomic E-state index is 12.4. The Bertz CT molecular complexity index is 621. The maximum absolute atomic E-state index is 12.4. The lowest BCUT2D eigenvalue weighted by molar-refractivity contribution is 0.0703. The zero-order valence-corrected chi connectivity index (χ0v) is 13.4. The van der Waals surface area contributed by atoms with Crippen LogP contribution in [0.25, 0.3) is 10.9 Å². The molecule has 0 spiro atoms. The molecule has 1 aromatic heterocycles. The lowest BCUT2D eigenvalue weighted by atomic mass is 10.1. The van der Waals surface area contributed by atoms with Crippen LogP contribution >= 0.6 is 24.8 Å². The van der Waals surface area contributed by atoms with Crippen molar-refractivity contribution in [3.05, 3.63) is 42.1 Å². The number of piperazine rings is 1. The number of rotatable bonds is 1. The van der Waals surface area contributed by atoms with Gasteiger partial charge >= 0.3 is 0 Å². The van der Waals surface area contributed by atoms with Crippen molar-refractivity contribution in [2.24, 2.45) is 0 Å². The van der Waals surface area contributed by atoms with E-state index in [1.165, 1.54) is 0 Å². The Morgan fingerprint density at radius 2 is 2.00 bits per heavy atom. The van der Waals surface area contributed by atoms with Crippen LogP contribution in [0.1, 0.15) is 17.4 Å². The molecule has 114 valence electrons. The van der Waals surface area contributed by atoms with Crippen LogP contribution < -0.4 is 5.32 Å². The van der Waals surface area contributed by atoms with Crippen molar-refractivity contribution in [1.29, 1.82) is 0 Å². The molecule has 1 aliphatic heterocycles. The number of para-hydroxylation sites is 1. The summed E-state index contributed by atoms with van der Waals surface area (Å²) in [6.07, 6.45) is 0. The smallest absolute Gasteiger partial charge is 0.272 e. The first-order valence-corrected chi connectivity index (χ1v) is 6.62. The number of amides is 1. The normalized spacial score (nSPS) is 17.8. The predicted octanol–water partition coefficient (Wildman–Crippen LogP) is 2.51. The number of hydrogen-bond acceptors (Lipinski definition) is 3. The molecule has 4 nitrogen and oxygen atoms in total. The van der Waals surface area contributed by atoms with Crippen molar-refractivity contribution in [2.45, 2.75) is 13.0 Å². The van der Waals surface area contributed by atoms with Gasteiger partial charge in [0.05, 0.1) is 5.52 Å². The Morgan fingerprint density at radius 3 is 2.76 bits per heavy atom. The van der Waals surface area contributed by atoms with Gasteiger partial charge in [0, 0.05) is 31.1 Å². The fourth-order valence-corrected chi connectivity index (χ4v) is 2.46. The average Bonchev–Trinajstić information content (AvgIpc) is 2.46. The molecule has 21 heavy (non-hydrogen) atoms. The largest absolute Gasteiger partial charge is 0.334 e. The van der Waals surface area contributed by atoms with Crippen LogP contribution in [0.3, 0.4) is 0 Å². The average molecular weight is 328 g/mol. The molecule has 2 aromatic rings. The molecule has 1 aliphatic rings. The number of nitrogens with one attached hydrogen (secondary N) is 1. The van der Waals surface area contributed by atoms with E-state index in [0.717, 1.165) is 30.5 Å². The van der Waals surface area contributed by atoms with Gasteiger partial charge < -0.3 is 10.2 Å². The van der Waals surface area contributed by atoms with Gasteiger partial charge in [-0.3, -0.25) is 4.79 Å². The summed E-state index contributed by atoms with van der Waals surface area (Å²) in [5.74, 6) is 0.0269. The Hall–Kier alpha value is -1.36. The lowest BCUT2D eigenvalue weighted by Gasteiger charge is -2.31. The van der Waals surface area contributed by atoms with Crippen LogP contribution in [0.4, 0.5) is 0 Å². The van der Waals surface area contributed by atoms with Gasteiger partial charge in [-0.25, -0.2) is 4.98 Å². The van der Waals surface area contributed by atoms with Crippen LogP contribution in [-0.2, 0) is 0 Å². The summed E-state index contributed by atoms with van der Waals surface area (Å²) in [7, 11) is 0. The number of hydrogen-bond donors (Lipinski definition) is 1. The van der Waals surface area contributed by atoms with E-state index in [0.29, 0.717) is 11.7 Å². The summed E-state index contributed by atoms with van der Waals surface area (Å²) in [5, 5.41) is 4.40. The molecule has 2 heterocycles. The second-order valence-corrected chi connectivity index (χ2v) is 5.00. The number of carbonyl (C=O) groups excluding carboxylic acids is 1. The Morgan fingerprint density at radius 1 is 1.24 bits per heavy atom. The fraction of sp³-hybridized carbons (Fsp3) is 0.333. The molecule has 1 unspecified atom stereocenters. The first-order valence-electron chi connectivity index (χ1n) is 6.62. The molecule has 0 bridgehead atoms. The monoisotopic (exact) mass is 327 g/mol. The summed E-state index contributed by atoms with van der Waals surface area (Å²) < 4.78 is 0. The van der Waals surface area contributed by atoms with Crippen molar-refractivity contribution in [1.82, 2.24) is 15.2 Å². The topological polar surface area (TPSA) is 45.2 Å². The highest BCUT2D eigenvalue weighted by atomic mass is 35.5. The van der Waals surface area contributed by atoms with Crippen molar-refractivity contribution in [2.75, 3.05) is 19.6 Å². The first-order chi connectivity index (χ1) is 9.24. The van der Waals surface area contributed by atoms with Gasteiger partial charge in [0.2, 0.25) is 0 Å². The molecule has 1 amide bonds. The van der Waals surface area contributed by atoms with E-state index in [1.807, 2.05) is 41.3 Å². The molecular weight excluding hydrogens is 309 g/mol. The van der Waals surface area contributed by atoms with Crippen LogP contribution in [0.15, 0.2) is 36.4 Å². The molecule has 1 aromatic carbocycles. The number of carbonyl (C=O) groups is 1. The van der Waals surface area contributed by atoms with Crippen LogP contribution in [0, 0.1) is 0 Å². The summed E-state index contributed by atoms with van der Waals surface area (Å²) in [4.78, 5) is 18.8. The molecule has 1 fully saturated rings. The molecule has 1 saturated heterocycles. The molecule has 0 aliphatic carbocycles. The van der Waals surface area contributed by atoms with Gasteiger partial charge in [-0.1, -0.05) is 24.3 Å². The molecule has 3 rings (SSSR count). The minimum atomic E-state index is 0. The number of aromatic nitrogens is 1. The summed E-state index contributed by atoms with van der Waals surface area (Å²) in [5.41, 5.74) is 1.41. The number of nitrogens with zero attached hydrogens (tertiary/aromatic N) is 2. The van der Waals surface area contributed by atoms with Crippen molar-refractivity contribution in [3.8, 4) is 0 Å². The third kappa shape index (κ3) is 3.84. The molecule has 1 N–H and O–H groups in total. The maximum Gasteiger partial charge on any atom is 0.272 e. The highest BCUT2D eigenvalue weighted by Crippen LogP contribution is 2.13. The van der Waals surface area contributed by atoms with Crippen molar-refractivity contribution >= 4 is 41.6 Å². The second-order valence-electron chi connectivity index (χ2n) is 5.00. The molecule has 1 atom stereocenters. The van der Waals surface area contributed by atoms with E-state index in [2.05, 4.69) is 17.2 Å². The van der Waals surface area contributed by atoms with Gasteiger partial charge in [0.1, 0.15) is 5.69 Å². The number of pyridine rings is 1. The minimum absolute atomic E-state index is 0. The van der Waals surface area contributed by atoms with Gasteiger partial charge in [0.25, 0.3) is 5.91 Å². The van der Waals surface area contributed by atoms with Crippen molar-refractivity contribution < 1.29 is 4.79 Å². The summed E-state index contributed by atoms with van der Waals surface area (Å²) in [6.45, 7) is 4.43. The van der Waals surface area contributed by atoms with E-state index in [9.17, 15) is 4.79 Å². The van der Waals surface area contributed by atoms with E-state index in [1.54, 1.807) is 0 Å². The van der Waals surface area contributed by atoms with Crippen LogP contribution in [0.5, 0.6) is 0 Å². The number of halogens is 2. The predicted molar refractivity (Wildman–Crippen MR) is 89.6 cm³/mol. The highest BCUT2D eigenvalue weighted by molar-refractivity contribution is 5.95. The summed E-state index contributed by atoms with van der Waals surface area (Å²) >= 11 is 0. The van der Waals surface area contributed by atoms with Crippen LogP contribution in [0.2, 0.25) is 0 Å². The highest BCUT2D eigenvalue weighted by Gasteiger charge is 2.22. The quantitative estimate of drug-likeness (QED) is 0.875. The second kappa shape index (κ2) is 7.59. The minimum Gasteiger partial charge on any atom is -0.334 e. The standard InChI is InChI=1S/C15H17N3O.2ClH/c1-11-10-18(9-8-16-11)15(19)14-7-6-12-4-2-3-5-13(12)17-14;;/h2-7,11,16H,8-10H2,1H3;2*1H. The number of fused-ring (bicyclic) bond motifs is 1. The van der Waals surface area contributed by atoms with Crippen molar-refractivity contribution in [3.63, 3.8) is 0 Å². The molecular formula is C15H19Cl2N3O. The van der Waals surface area contributed by atoms with Crippen LogP contribution in [-0.4, -0.2) is 41.5 Å². The zero-order chi connectivity index (χ0) is 13.2. The Balaban J connectivity index is 0.00000110. The fourth-order valence-electron chi connectivity index (χ4n) is 2.46. The molecule has 0 saturated carbocycles. The first kappa shape index (κ1) is 17.7. The van der Waals surface area contributed by atoms with E-state index in [-0.39, 0.29) is 30.7 Å². The van der Waals surface area contributed by atoms with Gasteiger partial charge in [-0.15, -0.1) is 24.8 Å². The summed E-state index contributed by atoms with van der Waals surface area (Å²) in [6, 6.07) is 12.0. The Labute approximate surface area is 136 Å². The van der Waals surface area contributed by atoms with Gasteiger partial charge in [0.15, 0.2) is 0 Å². The lowest BCUT2D eigenvalue weighted by Crippen LogP contribution is -2.51. The number of benzene rings is 1. The zero-order valence-electron chi connectivity index (χ0n) is 11.8. The van der Waals surface area contributed by atoms with E-state index < -0.39 is 0 Å². The van der Waals surface area contributed by atoms with E-state index >= 15 is 0 Å².